The van der Waals surface area contributed by atoms with E-state index >= 15 is 0 Å². The topological polar surface area (TPSA) is 98.5 Å². The van der Waals surface area contributed by atoms with Crippen LogP contribution in [-0.2, 0) is 17.9 Å². The third-order valence-corrected chi connectivity index (χ3v) is 4.35. The van der Waals surface area contributed by atoms with Gasteiger partial charge in [0.2, 0.25) is 0 Å². The quantitative estimate of drug-likeness (QED) is 0.586. The second kappa shape index (κ2) is 8.73. The molecule has 3 rings (SSSR count). The highest BCUT2D eigenvalue weighted by molar-refractivity contribution is 6.32. The first-order chi connectivity index (χ1) is 13.6. The Bertz CT molecular complexity index is 990. The maximum absolute atomic E-state index is 12.1. The Morgan fingerprint density at radius 1 is 1.32 bits per heavy atom. The van der Waals surface area contributed by atoms with Crippen LogP contribution < -0.4 is 10.1 Å². The fourth-order valence-corrected chi connectivity index (χ4v) is 2.92. The molecule has 146 valence electrons. The number of ether oxygens (including phenoxy) is 2. The molecular weight excluding hydrogens is 384 g/mol. The largest absolute Gasteiger partial charge is 0.495 e. The van der Waals surface area contributed by atoms with Crippen LogP contribution in [0.5, 0.6) is 5.75 Å². The molecule has 0 radical (unpaired) electrons. The van der Waals surface area contributed by atoms with E-state index in [4.69, 9.17) is 21.1 Å². The predicted molar refractivity (Wildman–Crippen MR) is 104 cm³/mol. The number of nitrogens with zero attached hydrogens (tertiary/aromatic N) is 3. The third kappa shape index (κ3) is 4.08. The van der Waals surface area contributed by atoms with Gasteiger partial charge in [0, 0.05) is 18.4 Å². The lowest BCUT2D eigenvalue weighted by molar-refractivity contribution is 0.0594. The van der Waals surface area contributed by atoms with E-state index < -0.39 is 5.97 Å². The Balaban J connectivity index is 1.91. The smallest absolute Gasteiger partial charge is 0.360 e. The second-order valence-electron chi connectivity index (χ2n) is 5.77. The highest BCUT2D eigenvalue weighted by Gasteiger charge is 2.17. The second-order valence-corrected chi connectivity index (χ2v) is 6.17. The molecule has 8 nitrogen and oxygen atoms in total. The van der Waals surface area contributed by atoms with Gasteiger partial charge in [-0.05, 0) is 29.8 Å². The molecule has 2 heterocycles. The van der Waals surface area contributed by atoms with Crippen molar-refractivity contribution in [2.75, 3.05) is 19.5 Å². The molecular formula is C19H19ClN4O4. The minimum Gasteiger partial charge on any atom is -0.495 e. The molecule has 0 saturated carbocycles. The summed E-state index contributed by atoms with van der Waals surface area (Å²) in [6.07, 6.45) is 3.20. The van der Waals surface area contributed by atoms with Gasteiger partial charge in [-0.3, -0.25) is 0 Å². The number of carbonyl (C=O) groups excluding carboxylic acids is 1. The Morgan fingerprint density at radius 2 is 2.14 bits per heavy atom. The Kier molecular flexibility index (Phi) is 6.13. The number of halogens is 1. The Morgan fingerprint density at radius 3 is 2.82 bits per heavy atom. The molecule has 3 aromatic rings. The molecule has 28 heavy (non-hydrogen) atoms. The minimum atomic E-state index is -0.607. The molecule has 0 bridgehead atoms. The summed E-state index contributed by atoms with van der Waals surface area (Å²) in [5.74, 6) is 0.682. The first-order valence-electron chi connectivity index (χ1n) is 8.36. The summed E-state index contributed by atoms with van der Waals surface area (Å²) in [7, 11) is 2.82. The number of carbonyl (C=O) groups is 1. The van der Waals surface area contributed by atoms with Gasteiger partial charge in [-0.1, -0.05) is 17.7 Å². The number of aliphatic hydroxyl groups excluding tert-OH is 1. The van der Waals surface area contributed by atoms with Crippen LogP contribution in [0.4, 0.5) is 5.82 Å². The molecule has 0 fully saturated rings. The number of rotatable bonds is 7. The van der Waals surface area contributed by atoms with Crippen molar-refractivity contribution in [3.63, 3.8) is 0 Å². The van der Waals surface area contributed by atoms with Gasteiger partial charge >= 0.3 is 5.97 Å². The average Bonchev–Trinajstić information content (AvgIpc) is 3.20. The summed E-state index contributed by atoms with van der Waals surface area (Å²) < 4.78 is 11.6. The van der Waals surface area contributed by atoms with Crippen molar-refractivity contribution in [1.82, 2.24) is 14.5 Å². The normalized spacial score (nSPS) is 10.6. The lowest BCUT2D eigenvalue weighted by Crippen LogP contribution is -2.14. The third-order valence-electron chi connectivity index (χ3n) is 4.06. The minimum absolute atomic E-state index is 0.0589. The van der Waals surface area contributed by atoms with Crippen molar-refractivity contribution in [3.05, 3.63) is 64.7 Å². The summed E-state index contributed by atoms with van der Waals surface area (Å²) in [4.78, 5) is 20.7. The number of benzene rings is 1. The van der Waals surface area contributed by atoms with Crippen LogP contribution in [0.3, 0.4) is 0 Å². The highest BCUT2D eigenvalue weighted by atomic mass is 35.5. The molecule has 0 unspecified atom stereocenters. The van der Waals surface area contributed by atoms with E-state index in [-0.39, 0.29) is 18.1 Å². The van der Waals surface area contributed by atoms with Crippen molar-refractivity contribution >= 4 is 23.4 Å². The highest BCUT2D eigenvalue weighted by Crippen LogP contribution is 2.25. The van der Waals surface area contributed by atoms with Gasteiger partial charge in [-0.15, -0.1) is 0 Å². The van der Waals surface area contributed by atoms with Gasteiger partial charge in [0.05, 0.1) is 32.0 Å². The lowest BCUT2D eigenvalue weighted by atomic mass is 10.2. The first kappa shape index (κ1) is 19.7. The van der Waals surface area contributed by atoms with Gasteiger partial charge in [-0.25, -0.2) is 14.8 Å². The van der Waals surface area contributed by atoms with Crippen molar-refractivity contribution in [1.29, 1.82) is 0 Å². The molecule has 2 N–H and O–H groups in total. The fourth-order valence-electron chi connectivity index (χ4n) is 2.64. The van der Waals surface area contributed by atoms with Crippen molar-refractivity contribution < 1.29 is 19.4 Å². The molecule has 0 aliphatic heterocycles. The summed E-state index contributed by atoms with van der Waals surface area (Å²) in [5, 5.41) is 13.0. The van der Waals surface area contributed by atoms with Crippen LogP contribution in [0.2, 0.25) is 5.02 Å². The van der Waals surface area contributed by atoms with Gasteiger partial charge in [0.15, 0.2) is 17.3 Å². The number of hydrogen-bond donors (Lipinski definition) is 2. The number of methoxy groups -OCH3 is 2. The van der Waals surface area contributed by atoms with E-state index in [9.17, 15) is 9.90 Å². The number of aliphatic hydroxyl groups is 1. The maximum atomic E-state index is 12.1. The summed E-state index contributed by atoms with van der Waals surface area (Å²) in [6, 6.07) is 8.92. The molecule has 2 aromatic heterocycles. The molecule has 0 atom stereocenters. The number of hydrogen-bond acceptors (Lipinski definition) is 7. The van der Waals surface area contributed by atoms with Gasteiger partial charge in [-0.2, -0.15) is 0 Å². The monoisotopic (exact) mass is 402 g/mol. The van der Waals surface area contributed by atoms with Gasteiger partial charge in [0.1, 0.15) is 5.75 Å². The number of esters is 1. The summed E-state index contributed by atoms with van der Waals surface area (Å²) in [5.41, 5.74) is 1.57. The number of anilines is 1. The van der Waals surface area contributed by atoms with E-state index in [1.807, 2.05) is 6.07 Å². The maximum Gasteiger partial charge on any atom is 0.360 e. The molecule has 0 aliphatic carbocycles. The SMILES string of the molecule is COC(=O)c1ncc(-n2cccc2CO)nc1NCc1ccc(OC)c(Cl)c1. The molecule has 0 amide bonds. The number of nitrogens with one attached hydrogen (secondary N) is 1. The molecule has 0 aliphatic rings. The number of aromatic nitrogens is 3. The average molecular weight is 403 g/mol. The Labute approximate surface area is 166 Å². The zero-order chi connectivity index (χ0) is 20.1. The van der Waals surface area contributed by atoms with Crippen LogP contribution in [0.25, 0.3) is 5.82 Å². The zero-order valence-electron chi connectivity index (χ0n) is 15.3. The van der Waals surface area contributed by atoms with Crippen LogP contribution in [0, 0.1) is 0 Å². The molecule has 9 heteroatoms. The summed E-state index contributed by atoms with van der Waals surface area (Å²) >= 11 is 6.16. The van der Waals surface area contributed by atoms with Crippen LogP contribution in [0.15, 0.2) is 42.7 Å². The van der Waals surface area contributed by atoms with Gasteiger partial charge in [0.25, 0.3) is 0 Å². The van der Waals surface area contributed by atoms with Crippen molar-refractivity contribution in [2.45, 2.75) is 13.2 Å². The van der Waals surface area contributed by atoms with E-state index in [0.29, 0.717) is 28.8 Å². The zero-order valence-corrected chi connectivity index (χ0v) is 16.1. The van der Waals surface area contributed by atoms with Crippen LogP contribution in [0.1, 0.15) is 21.7 Å². The van der Waals surface area contributed by atoms with Crippen molar-refractivity contribution in [3.8, 4) is 11.6 Å². The van der Waals surface area contributed by atoms with Crippen LogP contribution >= 0.6 is 11.6 Å². The molecule has 1 aromatic carbocycles. The first-order valence-corrected chi connectivity index (χ1v) is 8.74. The van der Waals surface area contributed by atoms with Crippen molar-refractivity contribution in [2.24, 2.45) is 0 Å². The molecule has 0 spiro atoms. The van der Waals surface area contributed by atoms with E-state index in [0.717, 1.165) is 5.56 Å². The van der Waals surface area contributed by atoms with E-state index in [1.54, 1.807) is 42.1 Å². The van der Waals surface area contributed by atoms with E-state index in [2.05, 4.69) is 15.3 Å². The fraction of sp³-hybridized carbons (Fsp3) is 0.211. The lowest BCUT2D eigenvalue weighted by Gasteiger charge is -2.13. The summed E-state index contributed by atoms with van der Waals surface area (Å²) in [6.45, 7) is 0.199. The standard InChI is InChI=1S/C19H19ClN4O4/c1-27-15-6-5-12(8-14(15)20)9-22-18-17(19(26)28-2)21-10-16(23-18)24-7-3-4-13(24)11-25/h3-8,10,25H,9,11H2,1-2H3,(H,22,23). The van der Waals surface area contributed by atoms with Gasteiger partial charge < -0.3 is 24.5 Å². The Hall–Kier alpha value is -3.10. The molecule has 0 saturated heterocycles. The predicted octanol–water partition coefficient (Wildman–Crippen LogP) is 2.82. The van der Waals surface area contributed by atoms with E-state index in [1.165, 1.54) is 13.3 Å². The van der Waals surface area contributed by atoms with Crippen LogP contribution in [-0.4, -0.2) is 39.8 Å².